The smallest absolute Gasteiger partial charge is 0.176 e. The lowest BCUT2D eigenvalue weighted by molar-refractivity contribution is 0.101. The van der Waals surface area contributed by atoms with Gasteiger partial charge in [-0.25, -0.2) is 0 Å². The largest absolute Gasteiger partial charge is 0.488 e. The maximum Gasteiger partial charge on any atom is 0.176 e. The quantitative estimate of drug-likeness (QED) is 0.704. The van der Waals surface area contributed by atoms with Crippen molar-refractivity contribution in [3.05, 3.63) is 65.2 Å². The van der Waals surface area contributed by atoms with E-state index in [9.17, 15) is 4.79 Å². The Balaban J connectivity index is 2.13. The molecule has 0 spiro atoms. The van der Waals surface area contributed by atoms with Crippen molar-refractivity contribution in [2.45, 2.75) is 20.5 Å². The molecule has 0 atom stereocenters. The zero-order chi connectivity index (χ0) is 15.1. The average Bonchev–Trinajstić information content (AvgIpc) is 2.52. The number of ketones is 1. The second-order valence-electron chi connectivity index (χ2n) is 4.83. The van der Waals surface area contributed by atoms with E-state index in [1.165, 1.54) is 0 Å². The van der Waals surface area contributed by atoms with Crippen molar-refractivity contribution in [2.75, 3.05) is 11.5 Å². The summed E-state index contributed by atoms with van der Waals surface area (Å²) in [6.07, 6.45) is 0. The van der Waals surface area contributed by atoms with Crippen molar-refractivity contribution >= 4 is 17.5 Å². The Morgan fingerprint density at radius 3 is 2.62 bits per heavy atom. The first-order valence-corrected chi connectivity index (χ1v) is 8.24. The van der Waals surface area contributed by atoms with Gasteiger partial charge >= 0.3 is 0 Å². The van der Waals surface area contributed by atoms with Gasteiger partial charge < -0.3 is 4.74 Å². The monoisotopic (exact) mass is 300 g/mol. The molecule has 0 amide bonds. The summed E-state index contributed by atoms with van der Waals surface area (Å²) in [5.41, 5.74) is 2.86. The van der Waals surface area contributed by atoms with Crippen LogP contribution in [0.3, 0.4) is 0 Å². The molecule has 2 aromatic rings. The van der Waals surface area contributed by atoms with Crippen LogP contribution in [0.5, 0.6) is 5.75 Å². The first-order chi connectivity index (χ1) is 10.2. The number of thioether (sulfide) groups is 1. The summed E-state index contributed by atoms with van der Waals surface area (Å²) in [6.45, 7) is 4.52. The molecule has 0 bridgehead atoms. The number of Topliss-reactive ketones (excluding diaryl/α,β-unsaturated/α-hetero) is 1. The zero-order valence-electron chi connectivity index (χ0n) is 12.5. The summed E-state index contributed by atoms with van der Waals surface area (Å²) in [5, 5.41) is 0. The van der Waals surface area contributed by atoms with Crippen molar-refractivity contribution in [2.24, 2.45) is 0 Å². The number of carbonyl (C=O) groups is 1. The molecule has 0 heterocycles. The number of ether oxygens (including phenoxy) is 1. The number of hydrogen-bond acceptors (Lipinski definition) is 3. The molecule has 3 heteroatoms. The Labute approximate surface area is 130 Å². The molecule has 0 saturated carbocycles. The molecule has 0 aromatic heterocycles. The van der Waals surface area contributed by atoms with Crippen molar-refractivity contribution < 1.29 is 9.53 Å². The second kappa shape index (κ2) is 7.89. The number of rotatable bonds is 7. The second-order valence-corrected chi connectivity index (χ2v) is 6.11. The number of hydrogen-bond donors (Lipinski definition) is 0. The minimum Gasteiger partial charge on any atom is -0.488 e. The van der Waals surface area contributed by atoms with Gasteiger partial charge in [0.05, 0.1) is 11.3 Å². The van der Waals surface area contributed by atoms with Gasteiger partial charge in [-0.05, 0) is 30.4 Å². The van der Waals surface area contributed by atoms with Gasteiger partial charge in [-0.1, -0.05) is 48.9 Å². The fourth-order valence-corrected chi connectivity index (χ4v) is 2.54. The molecular formula is C18H20O2S. The highest BCUT2D eigenvalue weighted by Gasteiger charge is 2.13. The Bertz CT molecular complexity index is 593. The van der Waals surface area contributed by atoms with Crippen molar-refractivity contribution in [1.82, 2.24) is 0 Å². The maximum atomic E-state index is 12.3. The molecule has 0 aliphatic carbocycles. The van der Waals surface area contributed by atoms with E-state index in [4.69, 9.17) is 4.74 Å². The number of aryl methyl sites for hydroxylation is 1. The summed E-state index contributed by atoms with van der Waals surface area (Å²) < 4.78 is 5.85. The third-order valence-electron chi connectivity index (χ3n) is 3.11. The summed E-state index contributed by atoms with van der Waals surface area (Å²) in [6, 6.07) is 15.8. The highest BCUT2D eigenvalue weighted by Crippen LogP contribution is 2.23. The van der Waals surface area contributed by atoms with E-state index in [-0.39, 0.29) is 5.78 Å². The number of benzene rings is 2. The van der Waals surface area contributed by atoms with Gasteiger partial charge in [0.15, 0.2) is 5.78 Å². The predicted octanol–water partition coefficient (Wildman–Crippen LogP) is 4.51. The van der Waals surface area contributed by atoms with Crippen molar-refractivity contribution in [3.8, 4) is 5.75 Å². The van der Waals surface area contributed by atoms with Crippen LogP contribution in [-0.4, -0.2) is 17.3 Å². The van der Waals surface area contributed by atoms with E-state index < -0.39 is 0 Å². The third-order valence-corrected chi connectivity index (χ3v) is 3.98. The molecule has 0 radical (unpaired) electrons. The fourth-order valence-electron chi connectivity index (χ4n) is 2.00. The van der Waals surface area contributed by atoms with Gasteiger partial charge in [0.25, 0.3) is 0 Å². The summed E-state index contributed by atoms with van der Waals surface area (Å²) in [4.78, 5) is 12.3. The van der Waals surface area contributed by atoms with Crippen LogP contribution in [0.25, 0.3) is 0 Å². The van der Waals surface area contributed by atoms with E-state index in [1.54, 1.807) is 11.8 Å². The van der Waals surface area contributed by atoms with Gasteiger partial charge in [0.2, 0.25) is 0 Å². The fraction of sp³-hybridized carbons (Fsp3) is 0.278. The van der Waals surface area contributed by atoms with Crippen LogP contribution in [0.1, 0.15) is 28.4 Å². The summed E-state index contributed by atoms with van der Waals surface area (Å²) in [5.74, 6) is 2.25. The van der Waals surface area contributed by atoms with E-state index in [1.807, 2.05) is 55.5 Å². The van der Waals surface area contributed by atoms with Gasteiger partial charge in [-0.2, -0.15) is 11.8 Å². The van der Waals surface area contributed by atoms with Crippen LogP contribution >= 0.6 is 11.8 Å². The van der Waals surface area contributed by atoms with E-state index in [2.05, 4.69) is 6.92 Å². The predicted molar refractivity (Wildman–Crippen MR) is 89.3 cm³/mol. The number of carbonyl (C=O) groups excluding carboxylic acids is 1. The molecule has 2 nitrogen and oxygen atoms in total. The Morgan fingerprint density at radius 2 is 1.90 bits per heavy atom. The Kier molecular flexibility index (Phi) is 5.88. The summed E-state index contributed by atoms with van der Waals surface area (Å²) in [7, 11) is 0. The van der Waals surface area contributed by atoms with E-state index >= 15 is 0 Å². The minimum absolute atomic E-state index is 0.133. The molecule has 21 heavy (non-hydrogen) atoms. The van der Waals surface area contributed by atoms with Gasteiger partial charge in [-0.3, -0.25) is 4.79 Å². The van der Waals surface area contributed by atoms with Crippen molar-refractivity contribution in [1.29, 1.82) is 0 Å². The molecule has 0 aliphatic heterocycles. The Morgan fingerprint density at radius 1 is 1.14 bits per heavy atom. The van der Waals surface area contributed by atoms with Crippen LogP contribution in [0.15, 0.2) is 48.5 Å². The molecule has 0 N–H and O–H groups in total. The normalized spacial score (nSPS) is 10.4. The Hall–Kier alpha value is -1.74. The highest BCUT2D eigenvalue weighted by molar-refractivity contribution is 7.99. The molecule has 2 aromatic carbocycles. The van der Waals surface area contributed by atoms with Crippen LogP contribution in [0.2, 0.25) is 0 Å². The maximum absolute atomic E-state index is 12.3. The lowest BCUT2D eigenvalue weighted by atomic mass is 10.1. The van der Waals surface area contributed by atoms with Gasteiger partial charge in [-0.15, -0.1) is 0 Å². The molecule has 0 fully saturated rings. The highest BCUT2D eigenvalue weighted by atomic mass is 32.2. The molecule has 2 rings (SSSR count). The topological polar surface area (TPSA) is 26.3 Å². The first kappa shape index (κ1) is 15.6. The SMILES string of the molecule is CCSCC(=O)c1cc(C)ccc1OCc1ccccc1. The van der Waals surface area contributed by atoms with Gasteiger partial charge in [0.1, 0.15) is 12.4 Å². The van der Waals surface area contributed by atoms with E-state index in [0.717, 1.165) is 16.9 Å². The van der Waals surface area contributed by atoms with Crippen LogP contribution in [0, 0.1) is 6.92 Å². The average molecular weight is 300 g/mol. The van der Waals surface area contributed by atoms with Crippen LogP contribution < -0.4 is 4.74 Å². The standard InChI is InChI=1S/C18H20O2S/c1-3-21-13-17(19)16-11-14(2)9-10-18(16)20-12-15-7-5-4-6-8-15/h4-11H,3,12-13H2,1-2H3. The zero-order valence-corrected chi connectivity index (χ0v) is 13.3. The van der Waals surface area contributed by atoms with Gasteiger partial charge in [0, 0.05) is 0 Å². The molecular weight excluding hydrogens is 280 g/mol. The summed E-state index contributed by atoms with van der Waals surface area (Å²) >= 11 is 1.63. The lowest BCUT2D eigenvalue weighted by Gasteiger charge is -2.12. The van der Waals surface area contributed by atoms with E-state index in [0.29, 0.717) is 23.7 Å². The molecule has 0 saturated heterocycles. The molecule has 0 aliphatic rings. The van der Waals surface area contributed by atoms with Crippen molar-refractivity contribution in [3.63, 3.8) is 0 Å². The molecule has 0 unspecified atom stereocenters. The lowest BCUT2D eigenvalue weighted by Crippen LogP contribution is -2.07. The molecule has 110 valence electrons. The first-order valence-electron chi connectivity index (χ1n) is 7.09. The minimum atomic E-state index is 0.133. The van der Waals surface area contributed by atoms with Crippen LogP contribution in [0.4, 0.5) is 0 Å². The van der Waals surface area contributed by atoms with Crippen LogP contribution in [-0.2, 0) is 6.61 Å². The third kappa shape index (κ3) is 4.64.